The van der Waals surface area contributed by atoms with Crippen LogP contribution in [-0.2, 0) is 50.1 Å². The van der Waals surface area contributed by atoms with Crippen LogP contribution < -0.4 is 30.6 Å². The molecule has 0 saturated heterocycles. The van der Waals surface area contributed by atoms with E-state index in [1.54, 1.807) is 0 Å². The zero-order valence-electron chi connectivity index (χ0n) is 21.6. The second-order valence-electron chi connectivity index (χ2n) is 4.82. The molecule has 0 amide bonds. The Bertz CT molecular complexity index is 188. The van der Waals surface area contributed by atoms with Crippen LogP contribution in [0.4, 0.5) is 0 Å². The second-order valence-corrected chi connectivity index (χ2v) is 4.82. The largest absolute Gasteiger partial charge is 4.00 e. The molecule has 0 aromatic carbocycles. The molecule has 0 spiro atoms. The standard InChI is InChI=1S/6C3H7O2.Sr.Ti/c6*1-3(4)5-2;;/h6*3H,1-2H3;;/q6*-1;+2;+4. The fourth-order valence-electron chi connectivity index (χ4n) is 0. The van der Waals surface area contributed by atoms with E-state index in [9.17, 15) is 30.6 Å². The van der Waals surface area contributed by atoms with Gasteiger partial charge in [-0.1, -0.05) is 41.5 Å². The molecule has 6 atom stereocenters. The first-order valence-corrected chi connectivity index (χ1v) is 8.74. The smallest absolute Gasteiger partial charge is 0.831 e. The van der Waals surface area contributed by atoms with E-state index < -0.39 is 37.7 Å². The van der Waals surface area contributed by atoms with E-state index in [1.165, 1.54) is 84.2 Å². The Labute approximate surface area is 246 Å². The summed E-state index contributed by atoms with van der Waals surface area (Å²) in [7, 11) is 8.32. The van der Waals surface area contributed by atoms with Crippen LogP contribution in [0, 0.1) is 0 Å². The molecule has 0 bridgehead atoms. The molecule has 0 aliphatic carbocycles. The van der Waals surface area contributed by atoms with Crippen LogP contribution in [0.5, 0.6) is 0 Å². The molecule has 0 heterocycles. The van der Waals surface area contributed by atoms with Gasteiger partial charge in [0, 0.05) is 42.7 Å². The molecule has 0 aliphatic rings. The van der Waals surface area contributed by atoms with Gasteiger partial charge in [0.15, 0.2) is 0 Å². The molecule has 12 nitrogen and oxygen atoms in total. The molecular weight excluding hydrogens is 544 g/mol. The van der Waals surface area contributed by atoms with Gasteiger partial charge >= 0.3 is 67.2 Å². The van der Waals surface area contributed by atoms with Crippen LogP contribution >= 0.6 is 0 Å². The molecule has 0 saturated carbocycles. The number of methoxy groups -OCH3 is 6. The summed E-state index contributed by atoms with van der Waals surface area (Å²) in [6, 6.07) is 0. The Balaban J connectivity index is -0.0000000356. The Morgan fingerprint density at radius 1 is 0.344 bits per heavy atom. The predicted octanol–water partition coefficient (Wildman–Crippen LogP) is -4.35. The van der Waals surface area contributed by atoms with Gasteiger partial charge < -0.3 is 59.1 Å². The topological polar surface area (TPSA) is 194 Å². The molecule has 0 aromatic heterocycles. The maximum atomic E-state index is 9.67. The number of ether oxygens (including phenoxy) is 6. The van der Waals surface area contributed by atoms with Gasteiger partial charge in [0.25, 0.3) is 0 Å². The van der Waals surface area contributed by atoms with Crippen molar-refractivity contribution in [3.05, 3.63) is 0 Å². The molecule has 0 aromatic rings. The van der Waals surface area contributed by atoms with Crippen molar-refractivity contribution in [1.82, 2.24) is 0 Å². The van der Waals surface area contributed by atoms with Gasteiger partial charge in [-0.3, -0.25) is 0 Å². The Kier molecular flexibility index (Phi) is 84.9. The quantitative estimate of drug-likeness (QED) is 0.215. The first-order valence-electron chi connectivity index (χ1n) is 8.74. The first-order chi connectivity index (χ1) is 13.6. The van der Waals surface area contributed by atoms with Crippen molar-refractivity contribution in [3.8, 4) is 0 Å². The van der Waals surface area contributed by atoms with Gasteiger partial charge in [-0.05, 0) is 37.7 Å². The number of hydrogen-bond donors (Lipinski definition) is 0. The normalized spacial score (nSPS) is 14.1. The minimum atomic E-state index is -0.866. The van der Waals surface area contributed by atoms with Crippen LogP contribution in [0.15, 0.2) is 0 Å². The van der Waals surface area contributed by atoms with Crippen LogP contribution in [0.1, 0.15) is 41.5 Å². The summed E-state index contributed by atoms with van der Waals surface area (Å²) in [5.74, 6) is 0. The van der Waals surface area contributed by atoms with E-state index in [-0.39, 0.29) is 67.2 Å². The third-order valence-corrected chi connectivity index (χ3v) is 1.99. The van der Waals surface area contributed by atoms with Crippen LogP contribution in [0.25, 0.3) is 0 Å². The molecule has 0 N–H and O–H groups in total. The zero-order chi connectivity index (χ0) is 25.7. The summed E-state index contributed by atoms with van der Waals surface area (Å²) >= 11 is 0. The average molecular weight is 586 g/mol. The van der Waals surface area contributed by atoms with E-state index in [1.807, 2.05) is 0 Å². The van der Waals surface area contributed by atoms with Gasteiger partial charge in [0.05, 0.1) is 0 Å². The van der Waals surface area contributed by atoms with Crippen molar-refractivity contribution in [1.29, 1.82) is 0 Å². The summed E-state index contributed by atoms with van der Waals surface area (Å²) in [4.78, 5) is 0. The van der Waals surface area contributed by atoms with Crippen LogP contribution in [0.3, 0.4) is 0 Å². The van der Waals surface area contributed by atoms with E-state index in [4.69, 9.17) is 0 Å². The fourth-order valence-corrected chi connectivity index (χ4v) is 0. The third-order valence-electron chi connectivity index (χ3n) is 1.99. The number of rotatable bonds is 6. The van der Waals surface area contributed by atoms with Crippen molar-refractivity contribution in [2.45, 2.75) is 79.3 Å². The summed E-state index contributed by atoms with van der Waals surface area (Å²) in [6.45, 7) is 8.67. The molecule has 192 valence electrons. The van der Waals surface area contributed by atoms with Crippen molar-refractivity contribution in [2.24, 2.45) is 0 Å². The van der Waals surface area contributed by atoms with Crippen LogP contribution in [-0.4, -0.2) is 126 Å². The monoisotopic (exact) mass is 586 g/mol. The summed E-state index contributed by atoms with van der Waals surface area (Å²) in [5, 5.41) is 58.0. The number of hydrogen-bond acceptors (Lipinski definition) is 12. The van der Waals surface area contributed by atoms with Gasteiger partial charge in [0.1, 0.15) is 0 Å². The average Bonchev–Trinajstić information content (AvgIpc) is 2.69. The molecule has 0 fully saturated rings. The van der Waals surface area contributed by atoms with E-state index in [0.717, 1.165) is 0 Å². The Hall–Kier alpha value is 1.71. The van der Waals surface area contributed by atoms with Gasteiger partial charge in [-0.15, -0.1) is 0 Å². The van der Waals surface area contributed by atoms with Gasteiger partial charge in [-0.2, -0.15) is 0 Å². The van der Waals surface area contributed by atoms with Gasteiger partial charge in [0.2, 0.25) is 0 Å². The minimum absolute atomic E-state index is 0. The molecular formula is C18H42O12SrTi. The maximum Gasteiger partial charge on any atom is 4.00 e. The zero-order valence-corrected chi connectivity index (χ0v) is 26.6. The molecule has 0 rings (SSSR count). The van der Waals surface area contributed by atoms with Crippen molar-refractivity contribution < 1.29 is 80.8 Å². The second kappa shape index (κ2) is 49.8. The van der Waals surface area contributed by atoms with Crippen molar-refractivity contribution in [3.63, 3.8) is 0 Å². The first kappa shape index (κ1) is 54.6. The Morgan fingerprint density at radius 2 is 0.375 bits per heavy atom. The molecule has 0 aliphatic heterocycles. The maximum absolute atomic E-state index is 9.67. The predicted molar refractivity (Wildman–Crippen MR) is 105 cm³/mol. The SMILES string of the molecule is COC(C)[O-].COC(C)[O-].COC(C)[O-].COC(C)[O-].COC(C)[O-].COC(C)[O-].[Sr+2].[Ti+4]. The van der Waals surface area contributed by atoms with E-state index in [2.05, 4.69) is 28.4 Å². The summed E-state index contributed by atoms with van der Waals surface area (Å²) in [5.41, 5.74) is 0. The Morgan fingerprint density at radius 3 is 0.375 bits per heavy atom. The molecule has 6 unspecified atom stereocenters. The van der Waals surface area contributed by atoms with Crippen molar-refractivity contribution >= 4 is 45.5 Å². The van der Waals surface area contributed by atoms with E-state index >= 15 is 0 Å². The molecule has 14 heteroatoms. The summed E-state index contributed by atoms with van der Waals surface area (Å²) in [6.07, 6.45) is -5.19. The third kappa shape index (κ3) is 159. The van der Waals surface area contributed by atoms with E-state index in [0.29, 0.717) is 0 Å². The van der Waals surface area contributed by atoms with Crippen molar-refractivity contribution in [2.75, 3.05) is 42.7 Å². The summed E-state index contributed by atoms with van der Waals surface area (Å²) < 4.78 is 25.2. The minimum Gasteiger partial charge on any atom is -0.831 e. The van der Waals surface area contributed by atoms with Gasteiger partial charge in [-0.25, -0.2) is 0 Å². The molecule has 0 radical (unpaired) electrons. The fraction of sp³-hybridized carbons (Fsp3) is 1.00. The molecule has 32 heavy (non-hydrogen) atoms. The van der Waals surface area contributed by atoms with Crippen LogP contribution in [0.2, 0.25) is 0 Å².